The first-order chi connectivity index (χ1) is 15.1. The van der Waals surface area contributed by atoms with E-state index in [1.807, 2.05) is 13.8 Å². The Balaban J connectivity index is 1.86. The number of hydrogen-bond acceptors (Lipinski definition) is 8. The van der Waals surface area contributed by atoms with Gasteiger partial charge in [0.25, 0.3) is 0 Å². The molecule has 0 aliphatic carbocycles. The van der Waals surface area contributed by atoms with Gasteiger partial charge in [0.1, 0.15) is 12.6 Å². The van der Waals surface area contributed by atoms with E-state index in [1.54, 1.807) is 24.3 Å². The lowest BCUT2D eigenvalue weighted by atomic mass is 10.2. The zero-order chi connectivity index (χ0) is 23.8. The number of aldehydes is 2. The van der Waals surface area contributed by atoms with Gasteiger partial charge in [-0.15, -0.1) is 0 Å². The van der Waals surface area contributed by atoms with Crippen LogP contribution in [0.1, 0.15) is 11.1 Å². The molecule has 174 valence electrons. The third-order valence-electron chi connectivity index (χ3n) is 4.18. The Labute approximate surface area is 196 Å². The Morgan fingerprint density at radius 3 is 1.28 bits per heavy atom. The minimum Gasteiger partial charge on any atom is -0.302 e. The average molecular weight is 517 g/mol. The smallest absolute Gasteiger partial charge is 0.241 e. The highest BCUT2D eigenvalue weighted by molar-refractivity contribution is 8.76. The molecule has 2 aromatic carbocycles. The molecule has 0 aliphatic heterocycles. The van der Waals surface area contributed by atoms with Gasteiger partial charge in [0.05, 0.1) is 21.9 Å². The number of rotatable bonds is 13. The van der Waals surface area contributed by atoms with Crippen molar-refractivity contribution in [3.05, 3.63) is 59.7 Å². The molecule has 2 atom stereocenters. The van der Waals surface area contributed by atoms with Crippen LogP contribution in [0, 0.1) is 13.8 Å². The molecule has 0 bridgehead atoms. The van der Waals surface area contributed by atoms with Crippen molar-refractivity contribution in [3.63, 3.8) is 0 Å². The Hall–Kier alpha value is -1.70. The van der Waals surface area contributed by atoms with Crippen LogP contribution in [0.3, 0.4) is 0 Å². The van der Waals surface area contributed by atoms with Gasteiger partial charge in [-0.05, 0) is 38.1 Å². The molecule has 12 heteroatoms. The molecule has 0 heterocycles. The number of aryl methyl sites for hydroxylation is 2. The maximum atomic E-state index is 12.4. The van der Waals surface area contributed by atoms with E-state index in [9.17, 15) is 26.4 Å². The predicted octanol–water partition coefficient (Wildman–Crippen LogP) is 2.08. The van der Waals surface area contributed by atoms with E-state index >= 15 is 0 Å². The highest BCUT2D eigenvalue weighted by Gasteiger charge is 2.22. The summed E-state index contributed by atoms with van der Waals surface area (Å²) < 4.78 is 54.3. The summed E-state index contributed by atoms with van der Waals surface area (Å²) in [6.07, 6.45) is 0.993. The molecular formula is C20H24N2O6S4. The van der Waals surface area contributed by atoms with Crippen LogP contribution in [0.25, 0.3) is 0 Å². The lowest BCUT2D eigenvalue weighted by Gasteiger charge is -2.15. The van der Waals surface area contributed by atoms with E-state index in [4.69, 9.17) is 0 Å². The van der Waals surface area contributed by atoms with Crippen molar-refractivity contribution in [3.8, 4) is 0 Å². The lowest BCUT2D eigenvalue weighted by molar-refractivity contribution is -0.109. The van der Waals surface area contributed by atoms with Crippen molar-refractivity contribution in [1.29, 1.82) is 0 Å². The van der Waals surface area contributed by atoms with Gasteiger partial charge in [0, 0.05) is 11.5 Å². The van der Waals surface area contributed by atoms with E-state index < -0.39 is 32.1 Å². The fourth-order valence-corrected chi connectivity index (χ4v) is 7.23. The van der Waals surface area contributed by atoms with E-state index in [-0.39, 0.29) is 21.3 Å². The molecule has 2 N–H and O–H groups in total. The highest BCUT2D eigenvalue weighted by atomic mass is 33.1. The van der Waals surface area contributed by atoms with E-state index in [2.05, 4.69) is 9.44 Å². The lowest BCUT2D eigenvalue weighted by Crippen LogP contribution is -2.38. The summed E-state index contributed by atoms with van der Waals surface area (Å²) in [7, 11) is -5.40. The van der Waals surface area contributed by atoms with Crippen LogP contribution in [0.15, 0.2) is 58.3 Å². The predicted molar refractivity (Wildman–Crippen MR) is 128 cm³/mol. The van der Waals surface area contributed by atoms with Crippen molar-refractivity contribution < 1.29 is 26.4 Å². The molecule has 0 aliphatic rings. The monoisotopic (exact) mass is 516 g/mol. The van der Waals surface area contributed by atoms with Gasteiger partial charge in [0.15, 0.2) is 0 Å². The standard InChI is InChI=1S/C20H24N2O6S4/c1-15-3-7-19(8-4-15)31(25,26)21-17(11-23)13-29-30-14-18(12-24)22-32(27,28)20-9-5-16(2)6-10-20/h3-12,17-18,21-22H,13-14H2,1-2H3. The highest BCUT2D eigenvalue weighted by Crippen LogP contribution is 2.23. The minimum atomic E-state index is -3.86. The van der Waals surface area contributed by atoms with Crippen molar-refractivity contribution in [1.82, 2.24) is 9.44 Å². The minimum absolute atomic E-state index is 0.0548. The summed E-state index contributed by atoms with van der Waals surface area (Å²) >= 11 is 0. The fraction of sp³-hybridized carbons (Fsp3) is 0.300. The average Bonchev–Trinajstić information content (AvgIpc) is 2.75. The molecule has 0 fully saturated rings. The molecule has 2 aromatic rings. The van der Waals surface area contributed by atoms with Crippen LogP contribution >= 0.6 is 21.6 Å². The van der Waals surface area contributed by atoms with Crippen molar-refractivity contribution in [2.24, 2.45) is 0 Å². The Kier molecular flexibility index (Phi) is 9.92. The summed E-state index contributed by atoms with van der Waals surface area (Å²) in [5.41, 5.74) is 1.82. The molecule has 0 saturated heterocycles. The number of benzene rings is 2. The van der Waals surface area contributed by atoms with Crippen LogP contribution < -0.4 is 9.44 Å². The van der Waals surface area contributed by atoms with Gasteiger partial charge in [-0.2, -0.15) is 0 Å². The molecule has 0 spiro atoms. The molecule has 2 rings (SSSR count). The number of carbonyl (C=O) groups excluding carboxylic acids is 2. The number of sulfonamides is 2. The van der Waals surface area contributed by atoms with Gasteiger partial charge < -0.3 is 9.59 Å². The van der Waals surface area contributed by atoms with E-state index in [0.29, 0.717) is 12.6 Å². The van der Waals surface area contributed by atoms with Gasteiger partial charge in [-0.1, -0.05) is 57.0 Å². The fourth-order valence-electron chi connectivity index (χ4n) is 2.41. The zero-order valence-electron chi connectivity index (χ0n) is 17.4. The van der Waals surface area contributed by atoms with Crippen LogP contribution in [0.4, 0.5) is 0 Å². The largest absolute Gasteiger partial charge is 0.302 e. The van der Waals surface area contributed by atoms with Crippen molar-refractivity contribution in [2.45, 2.75) is 35.7 Å². The number of nitrogens with one attached hydrogen (secondary N) is 2. The molecule has 8 nitrogen and oxygen atoms in total. The molecule has 0 radical (unpaired) electrons. The van der Waals surface area contributed by atoms with Crippen LogP contribution in [-0.2, 0) is 29.6 Å². The SMILES string of the molecule is Cc1ccc(S(=O)(=O)NC(C=O)CSSCC(C=O)NS(=O)(=O)c2ccc(C)cc2)cc1. The molecule has 0 amide bonds. The van der Waals surface area contributed by atoms with E-state index in [1.165, 1.54) is 24.3 Å². The quantitative estimate of drug-likeness (QED) is 0.235. The number of carbonyl (C=O) groups is 2. The summed E-state index contributed by atoms with van der Waals surface area (Å²) in [6.45, 7) is 3.67. The Bertz CT molecular complexity index is 1030. The Morgan fingerprint density at radius 1 is 0.688 bits per heavy atom. The summed E-state index contributed by atoms with van der Waals surface area (Å²) in [5, 5.41) is 0. The topological polar surface area (TPSA) is 126 Å². The second kappa shape index (κ2) is 12.0. The summed E-state index contributed by atoms with van der Waals surface area (Å²) in [6, 6.07) is 10.5. The second-order valence-electron chi connectivity index (χ2n) is 6.92. The van der Waals surface area contributed by atoms with Gasteiger partial charge in [0.2, 0.25) is 20.0 Å². The first kappa shape index (κ1) is 26.6. The third-order valence-corrected chi connectivity index (χ3v) is 9.67. The molecular weight excluding hydrogens is 492 g/mol. The number of hydrogen-bond donors (Lipinski definition) is 2. The first-order valence-electron chi connectivity index (χ1n) is 9.40. The molecule has 0 aromatic heterocycles. The van der Waals surface area contributed by atoms with Crippen LogP contribution in [0.2, 0.25) is 0 Å². The zero-order valence-corrected chi connectivity index (χ0v) is 20.7. The normalized spacial score (nSPS) is 13.9. The van der Waals surface area contributed by atoms with Crippen molar-refractivity contribution >= 4 is 54.2 Å². The van der Waals surface area contributed by atoms with Crippen LogP contribution in [-0.4, -0.2) is 53.0 Å². The summed E-state index contributed by atoms with van der Waals surface area (Å²) in [5.74, 6) is 0.213. The Morgan fingerprint density at radius 2 is 1.00 bits per heavy atom. The van der Waals surface area contributed by atoms with Crippen molar-refractivity contribution in [2.75, 3.05) is 11.5 Å². The molecule has 0 saturated carbocycles. The first-order valence-corrected chi connectivity index (χ1v) is 14.9. The van der Waals surface area contributed by atoms with E-state index in [0.717, 1.165) is 32.7 Å². The van der Waals surface area contributed by atoms with Gasteiger partial charge in [-0.25, -0.2) is 26.3 Å². The second-order valence-corrected chi connectivity index (χ2v) is 12.9. The molecule has 2 unspecified atom stereocenters. The maximum absolute atomic E-state index is 12.4. The van der Waals surface area contributed by atoms with Crippen LogP contribution in [0.5, 0.6) is 0 Å². The summed E-state index contributed by atoms with van der Waals surface area (Å²) in [4.78, 5) is 22.8. The maximum Gasteiger partial charge on any atom is 0.241 e. The molecule has 32 heavy (non-hydrogen) atoms. The third kappa shape index (κ3) is 8.01. The van der Waals surface area contributed by atoms with Gasteiger partial charge >= 0.3 is 0 Å². The van der Waals surface area contributed by atoms with Gasteiger partial charge in [-0.3, -0.25) is 0 Å².